The van der Waals surface area contributed by atoms with Gasteiger partial charge < -0.3 is 5.11 Å². The molecule has 0 aliphatic heterocycles. The molecule has 0 aliphatic carbocycles. The molecule has 0 aliphatic rings. The van der Waals surface area contributed by atoms with Gasteiger partial charge in [-0.1, -0.05) is 27.7 Å². The number of hydrogen-bond acceptors (Lipinski definition) is 3. The largest absolute Gasteiger partial charge is 0.476 e. The number of carboxylic acids is 1. The molecular formula is C13H17N3O2. The fourth-order valence-electron chi connectivity index (χ4n) is 1.83. The third-order valence-electron chi connectivity index (χ3n) is 2.91. The summed E-state index contributed by atoms with van der Waals surface area (Å²) in [6.07, 6.45) is 1.47. The molecule has 0 fully saturated rings. The van der Waals surface area contributed by atoms with Crippen LogP contribution < -0.4 is 0 Å². The highest BCUT2D eigenvalue weighted by molar-refractivity contribution is 5.86. The van der Waals surface area contributed by atoms with Crippen molar-refractivity contribution in [2.24, 2.45) is 0 Å². The molecule has 0 aromatic carbocycles. The van der Waals surface area contributed by atoms with E-state index in [-0.39, 0.29) is 11.6 Å². The Labute approximate surface area is 105 Å². The van der Waals surface area contributed by atoms with E-state index in [4.69, 9.17) is 5.11 Å². The third kappa shape index (κ3) is 2.08. The van der Waals surface area contributed by atoms with Crippen molar-refractivity contribution in [3.63, 3.8) is 0 Å². The summed E-state index contributed by atoms with van der Waals surface area (Å²) in [5, 5.41) is 13.4. The molecule has 0 radical (unpaired) electrons. The number of hydrogen-bond donors (Lipinski definition) is 1. The first-order valence-electron chi connectivity index (χ1n) is 6.03. The van der Waals surface area contributed by atoms with Gasteiger partial charge in [0.2, 0.25) is 0 Å². The van der Waals surface area contributed by atoms with Crippen LogP contribution in [0.25, 0.3) is 5.65 Å². The zero-order chi connectivity index (χ0) is 13.4. The summed E-state index contributed by atoms with van der Waals surface area (Å²) in [5.41, 5.74) is 2.64. The number of rotatable bonds is 3. The van der Waals surface area contributed by atoms with E-state index in [2.05, 4.69) is 37.8 Å². The van der Waals surface area contributed by atoms with Crippen LogP contribution in [-0.4, -0.2) is 25.7 Å². The maximum Gasteiger partial charge on any atom is 0.356 e. The molecule has 0 atom stereocenters. The van der Waals surface area contributed by atoms with Gasteiger partial charge in [-0.05, 0) is 17.9 Å². The summed E-state index contributed by atoms with van der Waals surface area (Å²) >= 11 is 0. The molecule has 2 heterocycles. The number of imidazole rings is 1. The van der Waals surface area contributed by atoms with Gasteiger partial charge in [-0.3, -0.25) is 0 Å². The Balaban J connectivity index is 2.73. The summed E-state index contributed by atoms with van der Waals surface area (Å²) in [7, 11) is 0. The number of fused-ring (bicyclic) bond motifs is 1. The molecule has 18 heavy (non-hydrogen) atoms. The lowest BCUT2D eigenvalue weighted by Gasteiger charge is -2.11. The van der Waals surface area contributed by atoms with E-state index in [1.165, 1.54) is 6.20 Å². The second kappa shape index (κ2) is 4.40. The number of nitrogens with zero attached hydrogens (tertiary/aromatic N) is 3. The third-order valence-corrected chi connectivity index (χ3v) is 2.91. The zero-order valence-corrected chi connectivity index (χ0v) is 11.0. The Morgan fingerprint density at radius 1 is 1.28 bits per heavy atom. The maximum absolute atomic E-state index is 11.0. The number of carboxylic acid groups (broad SMARTS) is 1. The van der Waals surface area contributed by atoms with Crippen molar-refractivity contribution < 1.29 is 9.90 Å². The molecule has 0 saturated heterocycles. The molecule has 96 valence electrons. The topological polar surface area (TPSA) is 67.5 Å². The number of aromatic nitrogens is 3. The minimum absolute atomic E-state index is 0.0327. The van der Waals surface area contributed by atoms with Crippen LogP contribution in [0.2, 0.25) is 0 Å². The highest BCUT2D eigenvalue weighted by atomic mass is 16.4. The van der Waals surface area contributed by atoms with Crippen molar-refractivity contribution in [1.82, 2.24) is 14.6 Å². The van der Waals surface area contributed by atoms with Crippen LogP contribution >= 0.6 is 0 Å². The Hall–Kier alpha value is -1.91. The predicted molar refractivity (Wildman–Crippen MR) is 68.1 cm³/mol. The highest BCUT2D eigenvalue weighted by Crippen LogP contribution is 2.23. The van der Waals surface area contributed by atoms with Crippen LogP contribution in [0.15, 0.2) is 12.3 Å². The highest BCUT2D eigenvalue weighted by Gasteiger charge is 2.16. The molecule has 0 bridgehead atoms. The molecule has 5 heteroatoms. The summed E-state index contributed by atoms with van der Waals surface area (Å²) in [6.45, 7) is 8.25. The van der Waals surface area contributed by atoms with Crippen molar-refractivity contribution >= 4 is 11.6 Å². The summed E-state index contributed by atoms with van der Waals surface area (Å²) < 4.78 is 1.58. The Morgan fingerprint density at radius 3 is 2.44 bits per heavy atom. The second-order valence-corrected chi connectivity index (χ2v) is 5.03. The fourth-order valence-corrected chi connectivity index (χ4v) is 1.83. The first-order valence-corrected chi connectivity index (χ1v) is 6.03. The molecule has 0 spiro atoms. The van der Waals surface area contributed by atoms with Gasteiger partial charge in [0.1, 0.15) is 0 Å². The van der Waals surface area contributed by atoms with Crippen LogP contribution in [0.5, 0.6) is 0 Å². The van der Waals surface area contributed by atoms with E-state index < -0.39 is 5.97 Å². The molecular weight excluding hydrogens is 230 g/mol. The van der Waals surface area contributed by atoms with Gasteiger partial charge in [0.05, 0.1) is 11.9 Å². The van der Waals surface area contributed by atoms with Gasteiger partial charge in [-0.2, -0.15) is 5.10 Å². The normalized spacial score (nSPS) is 11.7. The summed E-state index contributed by atoms with van der Waals surface area (Å²) in [4.78, 5) is 15.1. The van der Waals surface area contributed by atoms with Crippen LogP contribution in [0.4, 0.5) is 0 Å². The molecule has 0 unspecified atom stereocenters. The maximum atomic E-state index is 11.0. The molecule has 0 amide bonds. The summed E-state index contributed by atoms with van der Waals surface area (Å²) in [5.74, 6) is -0.457. The van der Waals surface area contributed by atoms with Crippen molar-refractivity contribution in [1.29, 1.82) is 0 Å². The quantitative estimate of drug-likeness (QED) is 0.905. The van der Waals surface area contributed by atoms with Crippen molar-refractivity contribution in [3.8, 4) is 0 Å². The predicted octanol–water partition coefficient (Wildman–Crippen LogP) is 2.67. The standard InChI is InChI=1S/C13H17N3O2/c1-7(2)9-5-10(8(3)4)15-16-6-11(13(17)18)14-12(9)16/h5-8H,1-4H3,(H,17,18). The molecule has 2 aromatic rings. The van der Waals surface area contributed by atoms with Crippen molar-refractivity contribution in [3.05, 3.63) is 29.2 Å². The average Bonchev–Trinajstić information content (AvgIpc) is 2.70. The van der Waals surface area contributed by atoms with E-state index in [0.717, 1.165) is 11.3 Å². The first-order chi connectivity index (χ1) is 8.40. The van der Waals surface area contributed by atoms with Gasteiger partial charge in [-0.25, -0.2) is 14.3 Å². The van der Waals surface area contributed by atoms with E-state index in [1.54, 1.807) is 4.52 Å². The van der Waals surface area contributed by atoms with Gasteiger partial charge in [0.15, 0.2) is 11.3 Å². The smallest absolute Gasteiger partial charge is 0.356 e. The van der Waals surface area contributed by atoms with E-state index in [0.29, 0.717) is 11.6 Å². The molecule has 0 saturated carbocycles. The Morgan fingerprint density at radius 2 is 1.94 bits per heavy atom. The van der Waals surface area contributed by atoms with Gasteiger partial charge in [0, 0.05) is 5.56 Å². The lowest BCUT2D eigenvalue weighted by molar-refractivity contribution is 0.0691. The van der Waals surface area contributed by atoms with Gasteiger partial charge >= 0.3 is 5.97 Å². The van der Waals surface area contributed by atoms with Crippen LogP contribution in [0, 0.1) is 0 Å². The van der Waals surface area contributed by atoms with E-state index in [9.17, 15) is 4.79 Å². The fraction of sp³-hybridized carbons (Fsp3) is 0.462. The average molecular weight is 247 g/mol. The van der Waals surface area contributed by atoms with Gasteiger partial charge in [-0.15, -0.1) is 0 Å². The van der Waals surface area contributed by atoms with Crippen LogP contribution in [-0.2, 0) is 0 Å². The lowest BCUT2D eigenvalue weighted by atomic mass is 10.0. The second-order valence-electron chi connectivity index (χ2n) is 5.03. The SMILES string of the molecule is CC(C)c1cc(C(C)C)c2nc(C(=O)O)cn2n1. The molecule has 5 nitrogen and oxygen atoms in total. The van der Waals surface area contributed by atoms with E-state index in [1.807, 2.05) is 6.07 Å². The van der Waals surface area contributed by atoms with E-state index >= 15 is 0 Å². The molecule has 2 rings (SSSR count). The minimum atomic E-state index is -1.03. The number of carbonyl (C=O) groups is 1. The van der Waals surface area contributed by atoms with Crippen molar-refractivity contribution in [2.75, 3.05) is 0 Å². The Kier molecular flexibility index (Phi) is 3.07. The van der Waals surface area contributed by atoms with Crippen LogP contribution in [0.1, 0.15) is 61.3 Å². The van der Waals surface area contributed by atoms with Crippen LogP contribution in [0.3, 0.4) is 0 Å². The first kappa shape index (κ1) is 12.5. The summed E-state index contributed by atoms with van der Waals surface area (Å²) in [6, 6.07) is 2.02. The monoisotopic (exact) mass is 247 g/mol. The Bertz CT molecular complexity index is 600. The minimum Gasteiger partial charge on any atom is -0.476 e. The molecule has 2 aromatic heterocycles. The number of aromatic carboxylic acids is 1. The zero-order valence-electron chi connectivity index (χ0n) is 11.0. The lowest BCUT2D eigenvalue weighted by Crippen LogP contribution is -2.04. The van der Waals surface area contributed by atoms with Crippen molar-refractivity contribution in [2.45, 2.75) is 39.5 Å². The molecule has 1 N–H and O–H groups in total. The van der Waals surface area contributed by atoms with Gasteiger partial charge in [0.25, 0.3) is 0 Å².